The summed E-state index contributed by atoms with van der Waals surface area (Å²) in [7, 11) is 0. The van der Waals surface area contributed by atoms with Crippen LogP contribution in [0.15, 0.2) is 30.5 Å². The molecule has 0 unspecified atom stereocenters. The summed E-state index contributed by atoms with van der Waals surface area (Å²) in [5, 5.41) is 10.8. The lowest BCUT2D eigenvalue weighted by Crippen LogP contribution is -2.32. The summed E-state index contributed by atoms with van der Waals surface area (Å²) in [4.78, 5) is 11.5. The Bertz CT molecular complexity index is 638. The molecule has 1 aromatic carbocycles. The number of carbonyl (C=O) groups excluding carboxylic acids is 1. The van der Waals surface area contributed by atoms with Crippen LogP contribution in [0.3, 0.4) is 0 Å². The molecule has 21 heavy (non-hydrogen) atoms. The largest absolute Gasteiger partial charge is 0.444 e. The van der Waals surface area contributed by atoms with E-state index in [9.17, 15) is 4.79 Å². The number of nitrogens with zero attached hydrogens (tertiary/aromatic N) is 1. The minimum Gasteiger partial charge on any atom is -0.444 e. The Morgan fingerprint density at radius 3 is 3.00 bits per heavy atom. The lowest BCUT2D eigenvalue weighted by molar-refractivity contribution is 0.0529. The topological polar surface area (TPSA) is 67.0 Å². The Morgan fingerprint density at radius 1 is 1.43 bits per heavy atom. The average Bonchev–Trinajstić information content (AvgIpc) is 2.85. The fourth-order valence-corrected chi connectivity index (χ4v) is 1.91. The highest BCUT2D eigenvalue weighted by atomic mass is 16.6. The summed E-state index contributed by atoms with van der Waals surface area (Å²) in [6, 6.07) is 6.04. The van der Waals surface area contributed by atoms with Crippen LogP contribution in [0.25, 0.3) is 17.0 Å². The Labute approximate surface area is 124 Å². The molecule has 2 rings (SSSR count). The van der Waals surface area contributed by atoms with Crippen LogP contribution < -0.4 is 5.32 Å². The van der Waals surface area contributed by atoms with E-state index in [4.69, 9.17) is 4.74 Å². The minimum atomic E-state index is -0.462. The average molecular weight is 287 g/mol. The van der Waals surface area contributed by atoms with Crippen molar-refractivity contribution in [1.29, 1.82) is 0 Å². The predicted molar refractivity (Wildman–Crippen MR) is 84.0 cm³/mol. The van der Waals surface area contributed by atoms with Crippen LogP contribution in [0.4, 0.5) is 4.79 Å². The second kappa shape index (κ2) is 6.43. The second-order valence-electron chi connectivity index (χ2n) is 5.80. The fraction of sp³-hybridized carbons (Fsp3) is 0.375. The first kappa shape index (κ1) is 15.1. The normalized spacial score (nSPS) is 12.0. The van der Waals surface area contributed by atoms with Gasteiger partial charge in [-0.1, -0.05) is 30.4 Å². The maximum Gasteiger partial charge on any atom is 0.407 e. The predicted octanol–water partition coefficient (Wildman–Crippen LogP) is 3.49. The number of carbonyl (C=O) groups is 1. The Balaban J connectivity index is 1.81. The monoisotopic (exact) mass is 287 g/mol. The van der Waals surface area contributed by atoms with E-state index >= 15 is 0 Å². The molecular formula is C16H21N3O2. The highest BCUT2D eigenvalue weighted by molar-refractivity contribution is 5.86. The number of fused-ring (bicyclic) bond motifs is 1. The number of alkyl carbamates (subject to hydrolysis) is 1. The zero-order valence-electron chi connectivity index (χ0n) is 12.6. The van der Waals surface area contributed by atoms with Gasteiger partial charge in [-0.05, 0) is 32.8 Å². The number of hydrogen-bond donors (Lipinski definition) is 2. The van der Waals surface area contributed by atoms with Gasteiger partial charge in [-0.3, -0.25) is 5.10 Å². The fourth-order valence-electron chi connectivity index (χ4n) is 1.91. The number of hydrogen-bond acceptors (Lipinski definition) is 3. The van der Waals surface area contributed by atoms with Gasteiger partial charge in [0.05, 0.1) is 11.7 Å². The number of ether oxygens (including phenoxy) is 1. The molecule has 0 aliphatic heterocycles. The zero-order chi connectivity index (χ0) is 15.3. The maximum atomic E-state index is 11.5. The second-order valence-corrected chi connectivity index (χ2v) is 5.80. The summed E-state index contributed by atoms with van der Waals surface area (Å²) in [5.74, 6) is 0. The minimum absolute atomic E-state index is 0.383. The van der Waals surface area contributed by atoms with Gasteiger partial charge in [0.2, 0.25) is 0 Å². The lowest BCUT2D eigenvalue weighted by Gasteiger charge is -2.19. The van der Waals surface area contributed by atoms with Gasteiger partial charge in [-0.2, -0.15) is 5.10 Å². The first-order chi connectivity index (χ1) is 9.96. The van der Waals surface area contributed by atoms with E-state index in [-0.39, 0.29) is 6.09 Å². The van der Waals surface area contributed by atoms with Gasteiger partial charge >= 0.3 is 6.09 Å². The number of aromatic amines is 1. The molecule has 0 saturated carbocycles. The summed E-state index contributed by atoms with van der Waals surface area (Å²) >= 11 is 0. The van der Waals surface area contributed by atoms with Crippen molar-refractivity contribution < 1.29 is 9.53 Å². The molecule has 2 N–H and O–H groups in total. The number of rotatable bonds is 4. The van der Waals surface area contributed by atoms with Crippen molar-refractivity contribution in [3.63, 3.8) is 0 Å². The molecule has 2 aromatic rings. The van der Waals surface area contributed by atoms with Gasteiger partial charge in [-0.15, -0.1) is 0 Å². The first-order valence-corrected chi connectivity index (χ1v) is 7.01. The Hall–Kier alpha value is -2.30. The molecule has 0 radical (unpaired) electrons. The van der Waals surface area contributed by atoms with Crippen molar-refractivity contribution in [1.82, 2.24) is 15.5 Å². The molecular weight excluding hydrogens is 266 g/mol. The number of nitrogens with one attached hydrogen (secondary N) is 2. The zero-order valence-corrected chi connectivity index (χ0v) is 12.6. The van der Waals surface area contributed by atoms with Gasteiger partial charge in [0.15, 0.2) is 0 Å². The number of para-hydroxylation sites is 1. The number of aromatic nitrogens is 2. The van der Waals surface area contributed by atoms with Gasteiger partial charge in [-0.25, -0.2) is 4.79 Å². The maximum absolute atomic E-state index is 11.5. The van der Waals surface area contributed by atoms with Crippen LogP contribution in [0.5, 0.6) is 0 Å². The summed E-state index contributed by atoms with van der Waals surface area (Å²) in [6.07, 6.45) is 6.21. The molecule has 1 amide bonds. The van der Waals surface area contributed by atoms with Gasteiger partial charge in [0, 0.05) is 11.9 Å². The molecule has 0 saturated heterocycles. The molecule has 1 heterocycles. The van der Waals surface area contributed by atoms with Crippen LogP contribution in [-0.4, -0.2) is 28.4 Å². The number of H-pyrrole nitrogens is 1. The molecule has 0 atom stereocenters. The van der Waals surface area contributed by atoms with E-state index in [0.29, 0.717) is 6.54 Å². The van der Waals surface area contributed by atoms with Crippen LogP contribution >= 0.6 is 0 Å². The third kappa shape index (κ3) is 4.63. The van der Waals surface area contributed by atoms with Crippen LogP contribution in [-0.2, 0) is 4.74 Å². The van der Waals surface area contributed by atoms with Crippen molar-refractivity contribution >= 4 is 23.1 Å². The van der Waals surface area contributed by atoms with Crippen molar-refractivity contribution in [3.05, 3.63) is 36.0 Å². The van der Waals surface area contributed by atoms with Crippen molar-refractivity contribution in [2.24, 2.45) is 0 Å². The van der Waals surface area contributed by atoms with E-state index < -0.39 is 5.60 Å². The van der Waals surface area contributed by atoms with Gasteiger partial charge in [0.1, 0.15) is 5.60 Å². The van der Waals surface area contributed by atoms with Crippen molar-refractivity contribution in [2.45, 2.75) is 32.8 Å². The summed E-state index contributed by atoms with van der Waals surface area (Å²) < 4.78 is 5.16. The Morgan fingerprint density at radius 2 is 2.24 bits per heavy atom. The molecule has 0 spiro atoms. The van der Waals surface area contributed by atoms with E-state index in [0.717, 1.165) is 22.9 Å². The van der Waals surface area contributed by atoms with E-state index in [2.05, 4.69) is 15.5 Å². The number of amides is 1. The molecule has 5 heteroatoms. The van der Waals surface area contributed by atoms with E-state index in [1.807, 2.05) is 51.1 Å². The van der Waals surface area contributed by atoms with Gasteiger partial charge in [0.25, 0.3) is 0 Å². The van der Waals surface area contributed by atoms with Crippen LogP contribution in [0.1, 0.15) is 32.8 Å². The molecule has 0 aliphatic rings. The smallest absolute Gasteiger partial charge is 0.407 e. The summed E-state index contributed by atoms with van der Waals surface area (Å²) in [6.45, 7) is 6.08. The third-order valence-corrected chi connectivity index (χ3v) is 2.79. The molecule has 1 aromatic heterocycles. The van der Waals surface area contributed by atoms with E-state index in [1.54, 1.807) is 6.20 Å². The lowest BCUT2D eigenvalue weighted by atomic mass is 10.1. The summed E-state index contributed by atoms with van der Waals surface area (Å²) in [5.41, 5.74) is 1.65. The molecule has 0 fully saturated rings. The highest BCUT2D eigenvalue weighted by Gasteiger charge is 2.15. The molecule has 112 valence electrons. The van der Waals surface area contributed by atoms with Crippen LogP contribution in [0, 0.1) is 0 Å². The Kier molecular flexibility index (Phi) is 4.62. The van der Waals surface area contributed by atoms with Gasteiger partial charge < -0.3 is 10.1 Å². The van der Waals surface area contributed by atoms with Crippen molar-refractivity contribution in [2.75, 3.05) is 6.54 Å². The third-order valence-electron chi connectivity index (χ3n) is 2.79. The SMILES string of the molecule is CC(C)(C)OC(=O)NCCC=Cc1cccc2cn[nH]c12. The van der Waals surface area contributed by atoms with Crippen LogP contribution in [0.2, 0.25) is 0 Å². The molecule has 5 nitrogen and oxygen atoms in total. The van der Waals surface area contributed by atoms with Crippen molar-refractivity contribution in [3.8, 4) is 0 Å². The van der Waals surface area contributed by atoms with E-state index in [1.165, 1.54) is 0 Å². The standard InChI is InChI=1S/C16H21N3O2/c1-16(2,3)21-15(20)17-10-5-4-7-12-8-6-9-13-11-18-19-14(12)13/h4,6-9,11H,5,10H2,1-3H3,(H,17,20)(H,18,19). The molecule has 0 bridgehead atoms. The molecule has 0 aliphatic carbocycles. The first-order valence-electron chi connectivity index (χ1n) is 7.01. The quantitative estimate of drug-likeness (QED) is 0.846. The number of benzene rings is 1. The highest BCUT2D eigenvalue weighted by Crippen LogP contribution is 2.16.